The Bertz CT molecular complexity index is 1300. The lowest BCUT2D eigenvalue weighted by Crippen LogP contribution is -2.30. The Kier molecular flexibility index (Phi) is 5.61. The van der Waals surface area contributed by atoms with Crippen molar-refractivity contribution in [1.29, 1.82) is 0 Å². The maximum absolute atomic E-state index is 12.9. The summed E-state index contributed by atoms with van der Waals surface area (Å²) in [5, 5.41) is 5.63. The fraction of sp³-hybridized carbons (Fsp3) is 0.136. The molecule has 1 amide bonds. The molecular formula is C22H20N4O2S2. The Morgan fingerprint density at radius 1 is 1.20 bits per heavy atom. The van der Waals surface area contributed by atoms with Gasteiger partial charge in [-0.3, -0.25) is 9.59 Å². The number of anilines is 1. The average molecular weight is 437 g/mol. The number of aryl methyl sites for hydroxylation is 2. The molecule has 8 heteroatoms. The molecule has 2 aromatic heterocycles. The molecule has 6 nitrogen and oxygen atoms in total. The highest BCUT2D eigenvalue weighted by Gasteiger charge is 2.17. The first kappa shape index (κ1) is 20.2. The van der Waals surface area contributed by atoms with Crippen LogP contribution < -0.4 is 16.7 Å². The number of nitrogens with one attached hydrogen (secondary N) is 1. The molecule has 0 aliphatic heterocycles. The van der Waals surface area contributed by atoms with Crippen LogP contribution in [-0.2, 0) is 4.79 Å². The minimum atomic E-state index is -0.322. The molecule has 4 rings (SSSR count). The van der Waals surface area contributed by atoms with Gasteiger partial charge in [-0.05, 0) is 36.6 Å². The Labute approximate surface area is 181 Å². The van der Waals surface area contributed by atoms with E-state index in [0.29, 0.717) is 15.4 Å². The summed E-state index contributed by atoms with van der Waals surface area (Å²) in [4.78, 5) is 30.5. The van der Waals surface area contributed by atoms with Crippen molar-refractivity contribution < 1.29 is 4.79 Å². The zero-order valence-corrected chi connectivity index (χ0v) is 18.1. The largest absolute Gasteiger partial charge is 0.334 e. The number of nitrogen functional groups attached to an aromatic ring is 1. The van der Waals surface area contributed by atoms with Crippen molar-refractivity contribution in [2.24, 2.45) is 0 Å². The third-order valence-electron chi connectivity index (χ3n) is 4.69. The van der Waals surface area contributed by atoms with Crippen molar-refractivity contribution in [3.05, 3.63) is 75.4 Å². The van der Waals surface area contributed by atoms with Crippen LogP contribution >= 0.6 is 23.1 Å². The van der Waals surface area contributed by atoms with Gasteiger partial charge in [0.15, 0.2) is 5.16 Å². The van der Waals surface area contributed by atoms with Crippen LogP contribution in [0.1, 0.15) is 11.1 Å². The molecule has 0 fully saturated rings. The second-order valence-corrected chi connectivity index (χ2v) is 8.72. The number of benzene rings is 2. The Balaban J connectivity index is 1.57. The predicted octanol–water partition coefficient (Wildman–Crippen LogP) is 4.19. The highest BCUT2D eigenvalue weighted by Crippen LogP contribution is 2.31. The van der Waals surface area contributed by atoms with Gasteiger partial charge in [0.2, 0.25) is 5.91 Å². The van der Waals surface area contributed by atoms with E-state index in [1.165, 1.54) is 11.3 Å². The van der Waals surface area contributed by atoms with Crippen LogP contribution in [0.25, 0.3) is 21.3 Å². The molecule has 3 N–H and O–H groups in total. The quantitative estimate of drug-likeness (QED) is 0.278. The lowest BCUT2D eigenvalue weighted by atomic mass is 10.1. The van der Waals surface area contributed by atoms with E-state index in [0.717, 1.165) is 44.4 Å². The predicted molar refractivity (Wildman–Crippen MR) is 125 cm³/mol. The van der Waals surface area contributed by atoms with Gasteiger partial charge in [-0.15, -0.1) is 11.3 Å². The van der Waals surface area contributed by atoms with Crippen LogP contribution in [0.2, 0.25) is 0 Å². The van der Waals surface area contributed by atoms with Gasteiger partial charge in [0.05, 0.1) is 11.1 Å². The number of rotatable bonds is 5. The Morgan fingerprint density at radius 2 is 1.97 bits per heavy atom. The third-order valence-corrected chi connectivity index (χ3v) is 6.52. The minimum Gasteiger partial charge on any atom is -0.334 e. The van der Waals surface area contributed by atoms with E-state index < -0.39 is 0 Å². The van der Waals surface area contributed by atoms with Crippen LogP contribution in [0.3, 0.4) is 0 Å². The molecular weight excluding hydrogens is 416 g/mol. The SMILES string of the molecule is Cc1ccc(C)c(NC(=O)CSc2nc3scc(-c4ccccc4)c3c(=O)n2N)c1. The molecule has 152 valence electrons. The molecule has 2 aromatic carbocycles. The van der Waals surface area contributed by atoms with Gasteiger partial charge in [-0.1, -0.05) is 54.2 Å². The molecule has 0 spiro atoms. The standard InChI is InChI=1S/C22H20N4O2S2/c1-13-8-9-14(2)17(10-13)24-18(27)12-30-22-25-20-19(21(28)26(22)23)16(11-29-20)15-6-4-3-5-7-15/h3-11H,12,23H2,1-2H3,(H,24,27). The van der Waals surface area contributed by atoms with Crippen molar-refractivity contribution in [3.63, 3.8) is 0 Å². The van der Waals surface area contributed by atoms with Gasteiger partial charge >= 0.3 is 0 Å². The molecule has 0 saturated heterocycles. The second kappa shape index (κ2) is 8.33. The summed E-state index contributed by atoms with van der Waals surface area (Å²) in [6.45, 7) is 3.91. The maximum atomic E-state index is 12.9. The number of fused-ring (bicyclic) bond motifs is 1. The molecule has 0 unspecified atom stereocenters. The number of hydrogen-bond acceptors (Lipinski definition) is 6. The van der Waals surface area contributed by atoms with Crippen LogP contribution in [0.5, 0.6) is 0 Å². The minimum absolute atomic E-state index is 0.0967. The molecule has 2 heterocycles. The van der Waals surface area contributed by atoms with E-state index in [1.807, 2.05) is 67.8 Å². The third kappa shape index (κ3) is 3.96. The van der Waals surface area contributed by atoms with Gasteiger partial charge in [0.1, 0.15) is 4.83 Å². The molecule has 0 radical (unpaired) electrons. The lowest BCUT2D eigenvalue weighted by molar-refractivity contribution is -0.113. The lowest BCUT2D eigenvalue weighted by Gasteiger charge is -2.10. The number of aromatic nitrogens is 2. The van der Waals surface area contributed by atoms with E-state index in [9.17, 15) is 9.59 Å². The van der Waals surface area contributed by atoms with E-state index in [1.54, 1.807) is 0 Å². The summed E-state index contributed by atoms with van der Waals surface area (Å²) in [6.07, 6.45) is 0. The van der Waals surface area contributed by atoms with Crippen molar-refractivity contribution in [3.8, 4) is 11.1 Å². The summed E-state index contributed by atoms with van der Waals surface area (Å²) in [7, 11) is 0. The highest BCUT2D eigenvalue weighted by molar-refractivity contribution is 7.99. The monoisotopic (exact) mass is 436 g/mol. The van der Waals surface area contributed by atoms with Gasteiger partial charge in [0, 0.05) is 16.6 Å². The molecule has 0 bridgehead atoms. The summed E-state index contributed by atoms with van der Waals surface area (Å²) in [5.74, 6) is 5.95. The van der Waals surface area contributed by atoms with Gasteiger partial charge in [-0.25, -0.2) is 9.66 Å². The van der Waals surface area contributed by atoms with E-state index in [4.69, 9.17) is 5.84 Å². The first-order chi connectivity index (χ1) is 14.4. The number of carbonyl (C=O) groups excluding carboxylic acids is 1. The van der Waals surface area contributed by atoms with Crippen LogP contribution in [0.4, 0.5) is 5.69 Å². The fourth-order valence-electron chi connectivity index (χ4n) is 3.10. The first-order valence-corrected chi connectivity index (χ1v) is 11.1. The number of hydrogen-bond donors (Lipinski definition) is 2. The number of thiophene rings is 1. The van der Waals surface area contributed by atoms with Crippen molar-refractivity contribution in [1.82, 2.24) is 9.66 Å². The van der Waals surface area contributed by atoms with Crippen molar-refractivity contribution in [2.75, 3.05) is 16.9 Å². The van der Waals surface area contributed by atoms with Gasteiger partial charge in [-0.2, -0.15) is 0 Å². The topological polar surface area (TPSA) is 90.0 Å². The number of amides is 1. The zero-order chi connectivity index (χ0) is 21.3. The number of nitrogens with two attached hydrogens (primary N) is 1. The molecule has 30 heavy (non-hydrogen) atoms. The molecule has 0 saturated carbocycles. The zero-order valence-electron chi connectivity index (χ0n) is 16.5. The Morgan fingerprint density at radius 3 is 2.73 bits per heavy atom. The fourth-order valence-corrected chi connectivity index (χ4v) is 4.81. The second-order valence-electron chi connectivity index (χ2n) is 6.92. The van der Waals surface area contributed by atoms with E-state index >= 15 is 0 Å². The maximum Gasteiger partial charge on any atom is 0.282 e. The molecule has 0 atom stereocenters. The number of thioether (sulfide) groups is 1. The van der Waals surface area contributed by atoms with Crippen molar-refractivity contribution in [2.45, 2.75) is 19.0 Å². The summed E-state index contributed by atoms with van der Waals surface area (Å²) in [6, 6.07) is 15.6. The van der Waals surface area contributed by atoms with E-state index in [2.05, 4.69) is 10.3 Å². The summed E-state index contributed by atoms with van der Waals surface area (Å²) >= 11 is 2.53. The van der Waals surface area contributed by atoms with E-state index in [-0.39, 0.29) is 17.2 Å². The van der Waals surface area contributed by atoms with Gasteiger partial charge < -0.3 is 11.2 Å². The molecule has 0 aliphatic carbocycles. The van der Waals surface area contributed by atoms with Crippen LogP contribution in [-0.4, -0.2) is 21.3 Å². The first-order valence-electron chi connectivity index (χ1n) is 9.28. The summed E-state index contributed by atoms with van der Waals surface area (Å²) in [5.41, 5.74) is 4.27. The molecule has 4 aromatic rings. The Hall–Kier alpha value is -3.10. The highest BCUT2D eigenvalue weighted by atomic mass is 32.2. The number of nitrogens with zero attached hydrogens (tertiary/aromatic N) is 2. The van der Waals surface area contributed by atoms with Crippen LogP contribution in [0.15, 0.2) is 63.9 Å². The number of carbonyl (C=O) groups is 1. The van der Waals surface area contributed by atoms with Gasteiger partial charge in [0.25, 0.3) is 5.56 Å². The van der Waals surface area contributed by atoms with Crippen LogP contribution in [0, 0.1) is 13.8 Å². The molecule has 0 aliphatic rings. The average Bonchev–Trinajstić information content (AvgIpc) is 3.17. The summed E-state index contributed by atoms with van der Waals surface area (Å²) < 4.78 is 1.03. The smallest absolute Gasteiger partial charge is 0.282 e. The van der Waals surface area contributed by atoms with Crippen molar-refractivity contribution >= 4 is 44.9 Å². The normalized spacial score (nSPS) is 11.0.